The molecule has 2 atom stereocenters. The van der Waals surface area contributed by atoms with Gasteiger partial charge in [-0.25, -0.2) is 0 Å². The maximum absolute atomic E-state index is 5.53. The predicted molar refractivity (Wildman–Crippen MR) is 85.3 cm³/mol. The molecule has 2 nitrogen and oxygen atoms in total. The van der Waals surface area contributed by atoms with Crippen LogP contribution in [-0.2, 0) is 0 Å². The monoisotopic (exact) mass is 275 g/mol. The van der Waals surface area contributed by atoms with Gasteiger partial charge in [-0.05, 0) is 51.2 Å². The highest BCUT2D eigenvalue weighted by molar-refractivity contribution is 5.39. The standard InChI is InChI=1S/C18H29NO/c1-13-10-11-17(18(12-13)20-4)15(3)19-14(2)16-8-6-5-7-9-16/h10-12,14-16,19H,5-9H2,1-4H3/t14-,15?/m0/s1. The van der Waals surface area contributed by atoms with Gasteiger partial charge in [0.15, 0.2) is 0 Å². The van der Waals surface area contributed by atoms with E-state index in [2.05, 4.69) is 44.3 Å². The summed E-state index contributed by atoms with van der Waals surface area (Å²) in [6.07, 6.45) is 6.99. The van der Waals surface area contributed by atoms with Crippen molar-refractivity contribution in [1.82, 2.24) is 5.32 Å². The van der Waals surface area contributed by atoms with Gasteiger partial charge >= 0.3 is 0 Å². The molecule has 1 fully saturated rings. The van der Waals surface area contributed by atoms with E-state index in [9.17, 15) is 0 Å². The zero-order chi connectivity index (χ0) is 14.5. The highest BCUT2D eigenvalue weighted by atomic mass is 16.5. The first-order valence-electron chi connectivity index (χ1n) is 8.02. The van der Waals surface area contributed by atoms with E-state index in [4.69, 9.17) is 4.74 Å². The van der Waals surface area contributed by atoms with Crippen LogP contribution in [0.25, 0.3) is 0 Å². The lowest BCUT2D eigenvalue weighted by molar-refractivity contribution is 0.266. The molecule has 20 heavy (non-hydrogen) atoms. The molecule has 1 aromatic carbocycles. The van der Waals surface area contributed by atoms with Gasteiger partial charge in [0.05, 0.1) is 7.11 Å². The molecule has 112 valence electrons. The Morgan fingerprint density at radius 3 is 2.50 bits per heavy atom. The Hall–Kier alpha value is -1.02. The summed E-state index contributed by atoms with van der Waals surface area (Å²) in [5, 5.41) is 3.78. The van der Waals surface area contributed by atoms with E-state index in [0.717, 1.165) is 11.7 Å². The number of hydrogen-bond acceptors (Lipinski definition) is 2. The lowest BCUT2D eigenvalue weighted by Crippen LogP contribution is -2.36. The molecule has 2 rings (SSSR count). The van der Waals surface area contributed by atoms with E-state index in [1.807, 2.05) is 0 Å². The van der Waals surface area contributed by atoms with E-state index >= 15 is 0 Å². The van der Waals surface area contributed by atoms with Crippen LogP contribution in [0.5, 0.6) is 5.75 Å². The predicted octanol–water partition coefficient (Wildman–Crippen LogP) is 4.62. The molecule has 1 N–H and O–H groups in total. The molecular formula is C18H29NO. The minimum Gasteiger partial charge on any atom is -0.496 e. The number of nitrogens with one attached hydrogen (secondary N) is 1. The molecule has 0 saturated heterocycles. The summed E-state index contributed by atoms with van der Waals surface area (Å²) in [5.74, 6) is 1.84. The summed E-state index contributed by atoms with van der Waals surface area (Å²) in [6, 6.07) is 7.40. The van der Waals surface area contributed by atoms with Crippen molar-refractivity contribution in [2.24, 2.45) is 5.92 Å². The van der Waals surface area contributed by atoms with E-state index in [0.29, 0.717) is 12.1 Å². The van der Waals surface area contributed by atoms with Gasteiger partial charge < -0.3 is 10.1 Å². The zero-order valence-corrected chi connectivity index (χ0v) is 13.4. The van der Waals surface area contributed by atoms with Gasteiger partial charge in [-0.2, -0.15) is 0 Å². The van der Waals surface area contributed by atoms with E-state index < -0.39 is 0 Å². The molecule has 0 heterocycles. The number of ether oxygens (including phenoxy) is 1. The maximum atomic E-state index is 5.53. The third kappa shape index (κ3) is 3.76. The number of aryl methyl sites for hydroxylation is 1. The molecule has 0 spiro atoms. The molecule has 2 heteroatoms. The normalized spacial score (nSPS) is 19.6. The summed E-state index contributed by atoms with van der Waals surface area (Å²) >= 11 is 0. The van der Waals surface area contributed by atoms with Gasteiger partial charge in [0.25, 0.3) is 0 Å². The second kappa shape index (κ2) is 7.12. The van der Waals surface area contributed by atoms with Crippen molar-refractivity contribution in [3.8, 4) is 5.75 Å². The van der Waals surface area contributed by atoms with Crippen molar-refractivity contribution in [3.63, 3.8) is 0 Å². The Kier molecular flexibility index (Phi) is 5.47. The molecular weight excluding hydrogens is 246 g/mol. The van der Waals surface area contributed by atoms with Crippen LogP contribution in [0, 0.1) is 12.8 Å². The van der Waals surface area contributed by atoms with Crippen LogP contribution in [0.2, 0.25) is 0 Å². The van der Waals surface area contributed by atoms with Gasteiger partial charge in [0.2, 0.25) is 0 Å². The first-order valence-corrected chi connectivity index (χ1v) is 8.02. The zero-order valence-electron chi connectivity index (χ0n) is 13.4. The second-order valence-corrected chi connectivity index (χ2v) is 6.32. The fraction of sp³-hybridized carbons (Fsp3) is 0.667. The number of methoxy groups -OCH3 is 1. The van der Waals surface area contributed by atoms with Gasteiger partial charge in [-0.15, -0.1) is 0 Å². The maximum Gasteiger partial charge on any atom is 0.123 e. The highest BCUT2D eigenvalue weighted by Gasteiger charge is 2.22. The summed E-state index contributed by atoms with van der Waals surface area (Å²) < 4.78 is 5.53. The van der Waals surface area contributed by atoms with Crippen molar-refractivity contribution >= 4 is 0 Å². The average molecular weight is 275 g/mol. The molecule has 1 aromatic rings. The van der Waals surface area contributed by atoms with Crippen molar-refractivity contribution in [3.05, 3.63) is 29.3 Å². The van der Waals surface area contributed by atoms with Crippen LogP contribution in [-0.4, -0.2) is 13.2 Å². The van der Waals surface area contributed by atoms with Crippen molar-refractivity contribution in [2.75, 3.05) is 7.11 Å². The molecule has 1 saturated carbocycles. The number of benzene rings is 1. The molecule has 1 aliphatic carbocycles. The van der Waals surface area contributed by atoms with Crippen LogP contribution in [0.1, 0.15) is 63.1 Å². The largest absolute Gasteiger partial charge is 0.496 e. The molecule has 0 aromatic heterocycles. The van der Waals surface area contributed by atoms with Crippen molar-refractivity contribution < 1.29 is 4.74 Å². The molecule has 0 bridgehead atoms. The van der Waals surface area contributed by atoms with Crippen LogP contribution in [0.3, 0.4) is 0 Å². The second-order valence-electron chi connectivity index (χ2n) is 6.32. The topological polar surface area (TPSA) is 21.3 Å². The Balaban J connectivity index is 2.01. The van der Waals surface area contributed by atoms with Gasteiger partial charge in [0.1, 0.15) is 5.75 Å². The summed E-state index contributed by atoms with van der Waals surface area (Å²) in [4.78, 5) is 0. The van der Waals surface area contributed by atoms with Gasteiger partial charge in [-0.3, -0.25) is 0 Å². The Morgan fingerprint density at radius 1 is 1.15 bits per heavy atom. The lowest BCUT2D eigenvalue weighted by atomic mass is 9.84. The summed E-state index contributed by atoms with van der Waals surface area (Å²) in [7, 11) is 1.76. The van der Waals surface area contributed by atoms with Crippen LogP contribution < -0.4 is 10.1 Å². The quantitative estimate of drug-likeness (QED) is 0.846. The summed E-state index contributed by atoms with van der Waals surface area (Å²) in [5.41, 5.74) is 2.51. The molecule has 0 amide bonds. The minimum atomic E-state index is 0.336. The third-order valence-electron chi connectivity index (χ3n) is 4.73. The van der Waals surface area contributed by atoms with Crippen molar-refractivity contribution in [2.45, 2.75) is 65.0 Å². The first kappa shape index (κ1) is 15.4. The number of rotatable bonds is 5. The van der Waals surface area contributed by atoms with E-state index in [1.165, 1.54) is 43.2 Å². The van der Waals surface area contributed by atoms with Crippen LogP contribution in [0.4, 0.5) is 0 Å². The Labute approximate surface area is 123 Å². The van der Waals surface area contributed by atoms with Crippen LogP contribution in [0.15, 0.2) is 18.2 Å². The van der Waals surface area contributed by atoms with Gasteiger partial charge in [-0.1, -0.05) is 31.4 Å². The van der Waals surface area contributed by atoms with Crippen LogP contribution >= 0.6 is 0 Å². The Bertz CT molecular complexity index is 423. The average Bonchev–Trinajstić information content (AvgIpc) is 2.47. The number of hydrogen-bond donors (Lipinski definition) is 1. The van der Waals surface area contributed by atoms with E-state index in [-0.39, 0.29) is 0 Å². The fourth-order valence-electron chi connectivity index (χ4n) is 3.43. The molecule has 1 aliphatic rings. The molecule has 1 unspecified atom stereocenters. The van der Waals surface area contributed by atoms with Gasteiger partial charge in [0, 0.05) is 17.6 Å². The Morgan fingerprint density at radius 2 is 1.85 bits per heavy atom. The third-order valence-corrected chi connectivity index (χ3v) is 4.73. The first-order chi connectivity index (χ1) is 9.61. The van der Waals surface area contributed by atoms with Crippen molar-refractivity contribution in [1.29, 1.82) is 0 Å². The minimum absolute atomic E-state index is 0.336. The lowest BCUT2D eigenvalue weighted by Gasteiger charge is -2.31. The fourth-order valence-corrected chi connectivity index (χ4v) is 3.43. The summed E-state index contributed by atoms with van der Waals surface area (Å²) in [6.45, 7) is 6.69. The smallest absolute Gasteiger partial charge is 0.123 e. The highest BCUT2D eigenvalue weighted by Crippen LogP contribution is 2.30. The molecule has 0 radical (unpaired) electrons. The molecule has 0 aliphatic heterocycles. The van der Waals surface area contributed by atoms with E-state index in [1.54, 1.807) is 7.11 Å². The SMILES string of the molecule is COc1cc(C)ccc1C(C)N[C@@H](C)C1CCCCC1.